The van der Waals surface area contributed by atoms with E-state index in [1.54, 1.807) is 12.5 Å². The van der Waals surface area contributed by atoms with Crippen LogP contribution in [0, 0.1) is 0 Å². The molecule has 1 saturated carbocycles. The third-order valence-corrected chi connectivity index (χ3v) is 3.22. The molecule has 2 heterocycles. The molecule has 1 aliphatic heterocycles. The molecule has 0 radical (unpaired) electrons. The molecule has 0 atom stereocenters. The van der Waals surface area contributed by atoms with Gasteiger partial charge in [0.2, 0.25) is 0 Å². The van der Waals surface area contributed by atoms with Crippen LogP contribution in [0.5, 0.6) is 0 Å². The van der Waals surface area contributed by atoms with Crippen molar-refractivity contribution in [1.29, 1.82) is 0 Å². The standard InChI is InChI=1S/C12H15N3O2/c13-11-7-14-9(6-15-11)10-8-16-12(17-10)4-2-1-3-5-12/h6-8H,1-5H2,(H2,13,15). The normalized spacial score (nSPS) is 21.8. The molecule has 5 heteroatoms. The van der Waals surface area contributed by atoms with Gasteiger partial charge in [0, 0.05) is 12.8 Å². The number of nitrogens with zero attached hydrogens (tertiary/aromatic N) is 2. The van der Waals surface area contributed by atoms with E-state index in [2.05, 4.69) is 9.97 Å². The number of nitrogen functional groups attached to an aromatic ring is 1. The molecule has 3 rings (SSSR count). The van der Waals surface area contributed by atoms with Crippen molar-refractivity contribution < 1.29 is 9.47 Å². The van der Waals surface area contributed by atoms with Gasteiger partial charge in [0.15, 0.2) is 5.76 Å². The van der Waals surface area contributed by atoms with E-state index in [4.69, 9.17) is 15.2 Å². The minimum absolute atomic E-state index is 0.403. The van der Waals surface area contributed by atoms with Crippen LogP contribution in [0.25, 0.3) is 5.76 Å². The molecule has 0 saturated heterocycles. The predicted octanol–water partition coefficient (Wildman–Crippen LogP) is 2.06. The van der Waals surface area contributed by atoms with E-state index in [-0.39, 0.29) is 0 Å². The second kappa shape index (κ2) is 3.91. The summed E-state index contributed by atoms with van der Waals surface area (Å²) in [5.41, 5.74) is 6.16. The van der Waals surface area contributed by atoms with E-state index in [1.807, 2.05) is 0 Å². The summed E-state index contributed by atoms with van der Waals surface area (Å²) >= 11 is 0. The Kier molecular flexibility index (Phi) is 2.39. The Labute approximate surface area is 99.7 Å². The zero-order valence-electron chi connectivity index (χ0n) is 9.56. The maximum Gasteiger partial charge on any atom is 0.250 e. The van der Waals surface area contributed by atoms with Crippen LogP contribution in [0.3, 0.4) is 0 Å². The summed E-state index contributed by atoms with van der Waals surface area (Å²) in [5.74, 6) is 0.608. The molecule has 1 fully saturated rings. The molecule has 1 aliphatic carbocycles. The topological polar surface area (TPSA) is 70.3 Å². The summed E-state index contributed by atoms with van der Waals surface area (Å²) in [6.07, 6.45) is 10.2. The first-order valence-corrected chi connectivity index (χ1v) is 5.92. The van der Waals surface area contributed by atoms with E-state index in [9.17, 15) is 0 Å². The molecular weight excluding hydrogens is 218 g/mol. The summed E-state index contributed by atoms with van der Waals surface area (Å²) in [6, 6.07) is 0. The fraction of sp³-hybridized carbons (Fsp3) is 0.500. The van der Waals surface area contributed by atoms with E-state index in [1.165, 1.54) is 12.6 Å². The van der Waals surface area contributed by atoms with Crippen LogP contribution >= 0.6 is 0 Å². The lowest BCUT2D eigenvalue weighted by Crippen LogP contribution is -2.32. The van der Waals surface area contributed by atoms with Crippen LogP contribution in [0.4, 0.5) is 5.82 Å². The van der Waals surface area contributed by atoms with Crippen LogP contribution in [-0.2, 0) is 9.47 Å². The van der Waals surface area contributed by atoms with E-state index >= 15 is 0 Å². The summed E-state index contributed by atoms with van der Waals surface area (Å²) in [6.45, 7) is 0. The van der Waals surface area contributed by atoms with Gasteiger partial charge in [-0.2, -0.15) is 0 Å². The number of nitrogens with two attached hydrogens (primary N) is 1. The maximum absolute atomic E-state index is 5.91. The van der Waals surface area contributed by atoms with Crippen LogP contribution in [-0.4, -0.2) is 15.8 Å². The predicted molar refractivity (Wildman–Crippen MR) is 62.4 cm³/mol. The molecule has 2 aliphatic rings. The third-order valence-electron chi connectivity index (χ3n) is 3.22. The molecule has 1 aromatic heterocycles. The number of hydrogen-bond acceptors (Lipinski definition) is 5. The second-order valence-electron chi connectivity index (χ2n) is 4.50. The lowest BCUT2D eigenvalue weighted by Gasteiger charge is -2.31. The van der Waals surface area contributed by atoms with Crippen molar-refractivity contribution >= 4 is 11.6 Å². The van der Waals surface area contributed by atoms with Crippen LogP contribution in [0.1, 0.15) is 37.8 Å². The zero-order chi connectivity index (χ0) is 11.7. The van der Waals surface area contributed by atoms with Gasteiger partial charge in [-0.05, 0) is 12.8 Å². The van der Waals surface area contributed by atoms with E-state index < -0.39 is 5.79 Å². The lowest BCUT2D eigenvalue weighted by atomic mass is 9.94. The largest absolute Gasteiger partial charge is 0.456 e. The Morgan fingerprint density at radius 2 is 1.94 bits per heavy atom. The van der Waals surface area contributed by atoms with E-state index in [0.29, 0.717) is 17.3 Å². The second-order valence-corrected chi connectivity index (χ2v) is 4.50. The molecule has 90 valence electrons. The molecule has 0 aromatic carbocycles. The summed E-state index contributed by atoms with van der Waals surface area (Å²) in [7, 11) is 0. The Balaban J connectivity index is 1.76. The number of ether oxygens (including phenoxy) is 2. The summed E-state index contributed by atoms with van der Waals surface area (Å²) < 4.78 is 11.6. The molecule has 1 aromatic rings. The molecule has 5 nitrogen and oxygen atoms in total. The number of rotatable bonds is 1. The van der Waals surface area contributed by atoms with Crippen molar-refractivity contribution in [2.75, 3.05) is 5.73 Å². The van der Waals surface area contributed by atoms with Gasteiger partial charge >= 0.3 is 0 Å². The Hall–Kier alpha value is -1.78. The molecule has 0 bridgehead atoms. The zero-order valence-corrected chi connectivity index (χ0v) is 9.56. The average Bonchev–Trinajstić information content (AvgIpc) is 2.75. The van der Waals surface area contributed by atoms with Gasteiger partial charge in [-0.25, -0.2) is 9.97 Å². The van der Waals surface area contributed by atoms with Crippen molar-refractivity contribution in [3.63, 3.8) is 0 Å². The molecule has 1 spiro atoms. The first kappa shape index (κ1) is 10.4. The first-order valence-electron chi connectivity index (χ1n) is 5.92. The molecule has 0 amide bonds. The Morgan fingerprint density at radius 3 is 2.65 bits per heavy atom. The van der Waals surface area contributed by atoms with Crippen molar-refractivity contribution in [1.82, 2.24) is 9.97 Å². The maximum atomic E-state index is 5.91. The van der Waals surface area contributed by atoms with Crippen molar-refractivity contribution in [3.8, 4) is 0 Å². The van der Waals surface area contributed by atoms with Gasteiger partial charge in [-0.1, -0.05) is 6.42 Å². The minimum Gasteiger partial charge on any atom is -0.456 e. The van der Waals surface area contributed by atoms with Crippen molar-refractivity contribution in [3.05, 3.63) is 24.3 Å². The SMILES string of the molecule is Nc1cnc(C2=COC3(CCCCC3)O2)cn1. The smallest absolute Gasteiger partial charge is 0.250 e. The molecule has 2 N–H and O–H groups in total. The van der Waals surface area contributed by atoms with Crippen LogP contribution in [0.2, 0.25) is 0 Å². The average molecular weight is 233 g/mol. The lowest BCUT2D eigenvalue weighted by molar-refractivity contribution is -0.156. The monoisotopic (exact) mass is 233 g/mol. The Morgan fingerprint density at radius 1 is 1.12 bits per heavy atom. The number of aromatic nitrogens is 2. The molecule has 0 unspecified atom stereocenters. The highest BCUT2D eigenvalue weighted by Crippen LogP contribution is 2.40. The highest BCUT2D eigenvalue weighted by molar-refractivity contribution is 5.56. The fourth-order valence-electron chi connectivity index (χ4n) is 2.30. The van der Waals surface area contributed by atoms with Crippen molar-refractivity contribution in [2.24, 2.45) is 0 Å². The quantitative estimate of drug-likeness (QED) is 0.804. The van der Waals surface area contributed by atoms with E-state index in [0.717, 1.165) is 25.7 Å². The molecular formula is C12H15N3O2. The van der Waals surface area contributed by atoms with Gasteiger partial charge < -0.3 is 15.2 Å². The van der Waals surface area contributed by atoms with Gasteiger partial charge in [-0.15, -0.1) is 0 Å². The summed E-state index contributed by atoms with van der Waals surface area (Å²) in [5, 5.41) is 0. The summed E-state index contributed by atoms with van der Waals surface area (Å²) in [4.78, 5) is 8.17. The van der Waals surface area contributed by atoms with Crippen molar-refractivity contribution in [2.45, 2.75) is 37.9 Å². The minimum atomic E-state index is -0.448. The highest BCUT2D eigenvalue weighted by atomic mass is 16.7. The fourth-order valence-corrected chi connectivity index (χ4v) is 2.30. The molecule has 17 heavy (non-hydrogen) atoms. The Bertz CT molecular complexity index is 436. The third kappa shape index (κ3) is 1.92. The van der Waals surface area contributed by atoms with Gasteiger partial charge in [-0.3, -0.25) is 0 Å². The number of anilines is 1. The van der Waals surface area contributed by atoms with Crippen LogP contribution in [0.15, 0.2) is 18.7 Å². The number of hydrogen-bond donors (Lipinski definition) is 1. The first-order chi connectivity index (χ1) is 8.27. The van der Waals surface area contributed by atoms with Gasteiger partial charge in [0.05, 0.1) is 12.4 Å². The van der Waals surface area contributed by atoms with Gasteiger partial charge in [0.25, 0.3) is 5.79 Å². The highest BCUT2D eigenvalue weighted by Gasteiger charge is 2.40. The van der Waals surface area contributed by atoms with Gasteiger partial charge in [0.1, 0.15) is 17.8 Å². The van der Waals surface area contributed by atoms with Crippen LogP contribution < -0.4 is 5.73 Å².